The summed E-state index contributed by atoms with van der Waals surface area (Å²) in [7, 11) is -3.45. The summed E-state index contributed by atoms with van der Waals surface area (Å²) in [4.78, 5) is 25.8. The second-order valence-corrected chi connectivity index (χ2v) is 8.06. The van der Waals surface area contributed by atoms with E-state index in [0.717, 1.165) is 0 Å². The van der Waals surface area contributed by atoms with Gasteiger partial charge in [-0.2, -0.15) is 17.0 Å². The highest BCUT2D eigenvalue weighted by atomic mass is 32.2. The molecule has 1 fully saturated rings. The van der Waals surface area contributed by atoms with E-state index in [-0.39, 0.29) is 18.4 Å². The molecule has 0 radical (unpaired) electrons. The van der Waals surface area contributed by atoms with Crippen molar-refractivity contribution in [3.63, 3.8) is 0 Å². The van der Waals surface area contributed by atoms with E-state index in [9.17, 15) is 18.0 Å². The van der Waals surface area contributed by atoms with Crippen molar-refractivity contribution in [2.45, 2.75) is 13.8 Å². The first-order valence-electron chi connectivity index (χ1n) is 9.00. The molecule has 150 valence electrons. The Bertz CT molecular complexity index is 729. The van der Waals surface area contributed by atoms with Gasteiger partial charge < -0.3 is 0 Å². The Morgan fingerprint density at radius 3 is 2.15 bits per heavy atom. The molecule has 0 aliphatic carbocycles. The summed E-state index contributed by atoms with van der Waals surface area (Å²) in [6.07, 6.45) is 0. The molecule has 0 aromatic heterocycles. The van der Waals surface area contributed by atoms with E-state index in [1.165, 1.54) is 8.61 Å². The van der Waals surface area contributed by atoms with Crippen LogP contribution in [-0.4, -0.2) is 79.6 Å². The minimum atomic E-state index is -3.45. The van der Waals surface area contributed by atoms with Gasteiger partial charge in [0, 0.05) is 44.8 Å². The van der Waals surface area contributed by atoms with E-state index >= 15 is 0 Å². The molecule has 1 saturated heterocycles. The van der Waals surface area contributed by atoms with Gasteiger partial charge in [-0.05, 0) is 12.1 Å². The number of carbonyl (C=O) groups is 2. The average Bonchev–Trinajstić information content (AvgIpc) is 2.68. The molecule has 2 amide bonds. The van der Waals surface area contributed by atoms with E-state index in [1.54, 1.807) is 30.3 Å². The third-order valence-electron chi connectivity index (χ3n) is 4.41. The van der Waals surface area contributed by atoms with Gasteiger partial charge >= 0.3 is 0 Å². The Kier molecular flexibility index (Phi) is 7.72. The maximum atomic E-state index is 12.5. The van der Waals surface area contributed by atoms with Crippen LogP contribution in [0.25, 0.3) is 0 Å². The van der Waals surface area contributed by atoms with Crippen molar-refractivity contribution in [3.8, 4) is 0 Å². The molecule has 9 nitrogen and oxygen atoms in total. The third-order valence-corrected chi connectivity index (χ3v) is 6.59. The van der Waals surface area contributed by atoms with Crippen LogP contribution in [0.1, 0.15) is 24.2 Å². The minimum Gasteiger partial charge on any atom is -0.292 e. The number of hydrogen-bond donors (Lipinski definition) is 2. The van der Waals surface area contributed by atoms with Gasteiger partial charge in [0.1, 0.15) is 0 Å². The van der Waals surface area contributed by atoms with Gasteiger partial charge in [-0.3, -0.25) is 25.3 Å². The fourth-order valence-electron chi connectivity index (χ4n) is 2.86. The number of piperazine rings is 1. The first-order chi connectivity index (χ1) is 12.9. The Morgan fingerprint density at radius 1 is 1.00 bits per heavy atom. The average molecular weight is 398 g/mol. The van der Waals surface area contributed by atoms with E-state index in [1.807, 2.05) is 18.7 Å². The van der Waals surface area contributed by atoms with Crippen LogP contribution in [0.5, 0.6) is 0 Å². The number of amides is 2. The smallest absolute Gasteiger partial charge is 0.282 e. The highest BCUT2D eigenvalue weighted by Gasteiger charge is 2.31. The summed E-state index contributed by atoms with van der Waals surface area (Å²) in [5.41, 5.74) is 5.21. The molecular weight excluding hydrogens is 370 g/mol. The normalized spacial score (nSPS) is 16.3. The molecule has 2 rings (SSSR count). The molecule has 1 heterocycles. The number of hydrogen-bond acceptors (Lipinski definition) is 5. The SMILES string of the molecule is CCN(CC)S(=O)(=O)N1CCN(CC(=O)NNC(=O)c2ccccc2)CC1. The summed E-state index contributed by atoms with van der Waals surface area (Å²) in [5, 5.41) is 0. The first-order valence-corrected chi connectivity index (χ1v) is 10.4. The summed E-state index contributed by atoms with van der Waals surface area (Å²) < 4.78 is 27.9. The second kappa shape index (κ2) is 9.79. The van der Waals surface area contributed by atoms with Gasteiger partial charge in [-0.1, -0.05) is 32.0 Å². The quantitative estimate of drug-likeness (QED) is 0.613. The van der Waals surface area contributed by atoms with Gasteiger partial charge in [0.15, 0.2) is 0 Å². The van der Waals surface area contributed by atoms with Crippen molar-refractivity contribution in [1.29, 1.82) is 0 Å². The number of nitrogens with zero attached hydrogens (tertiary/aromatic N) is 3. The van der Waals surface area contributed by atoms with E-state index < -0.39 is 10.2 Å². The molecule has 0 atom stereocenters. The lowest BCUT2D eigenvalue weighted by atomic mass is 10.2. The van der Waals surface area contributed by atoms with Gasteiger partial charge in [0.05, 0.1) is 6.54 Å². The molecule has 1 aromatic carbocycles. The topological polar surface area (TPSA) is 102 Å². The number of hydrazine groups is 1. The first kappa shape index (κ1) is 21.3. The summed E-state index contributed by atoms with van der Waals surface area (Å²) >= 11 is 0. The van der Waals surface area contributed by atoms with Crippen molar-refractivity contribution >= 4 is 22.0 Å². The lowest BCUT2D eigenvalue weighted by Gasteiger charge is -2.35. The third kappa shape index (κ3) is 5.73. The largest absolute Gasteiger partial charge is 0.292 e. The Labute approximate surface area is 160 Å². The van der Waals surface area contributed by atoms with Crippen molar-refractivity contribution in [2.24, 2.45) is 0 Å². The van der Waals surface area contributed by atoms with Crippen LogP contribution in [0.3, 0.4) is 0 Å². The number of rotatable bonds is 7. The monoisotopic (exact) mass is 397 g/mol. The molecule has 0 spiro atoms. The predicted molar refractivity (Wildman–Crippen MR) is 102 cm³/mol. The van der Waals surface area contributed by atoms with Crippen LogP contribution in [-0.2, 0) is 15.0 Å². The van der Waals surface area contributed by atoms with Gasteiger partial charge in [0.25, 0.3) is 22.0 Å². The molecule has 1 aliphatic rings. The highest BCUT2D eigenvalue weighted by molar-refractivity contribution is 7.86. The van der Waals surface area contributed by atoms with Gasteiger partial charge in [-0.25, -0.2) is 0 Å². The zero-order valence-corrected chi connectivity index (χ0v) is 16.5. The van der Waals surface area contributed by atoms with Crippen molar-refractivity contribution in [3.05, 3.63) is 35.9 Å². The maximum absolute atomic E-state index is 12.5. The van der Waals surface area contributed by atoms with Gasteiger partial charge in [-0.15, -0.1) is 0 Å². The molecular formula is C17H27N5O4S. The van der Waals surface area contributed by atoms with E-state index in [4.69, 9.17) is 0 Å². The number of benzene rings is 1. The Balaban J connectivity index is 1.77. The molecule has 0 saturated carbocycles. The molecule has 27 heavy (non-hydrogen) atoms. The zero-order valence-electron chi connectivity index (χ0n) is 15.7. The van der Waals surface area contributed by atoms with Crippen molar-refractivity contribution in [1.82, 2.24) is 24.4 Å². The Morgan fingerprint density at radius 2 is 1.59 bits per heavy atom. The molecule has 2 N–H and O–H groups in total. The molecule has 10 heteroatoms. The number of nitrogens with one attached hydrogen (secondary N) is 2. The van der Waals surface area contributed by atoms with Crippen LogP contribution >= 0.6 is 0 Å². The molecule has 1 aromatic rings. The summed E-state index contributed by atoms with van der Waals surface area (Å²) in [6.45, 7) is 6.17. The minimum absolute atomic E-state index is 0.0915. The number of carbonyl (C=O) groups excluding carboxylic acids is 2. The van der Waals surface area contributed by atoms with E-state index in [2.05, 4.69) is 10.9 Å². The van der Waals surface area contributed by atoms with Crippen molar-refractivity contribution < 1.29 is 18.0 Å². The molecule has 0 bridgehead atoms. The zero-order chi connectivity index (χ0) is 19.9. The van der Waals surface area contributed by atoms with Crippen LogP contribution < -0.4 is 10.9 Å². The van der Waals surface area contributed by atoms with E-state index in [0.29, 0.717) is 44.8 Å². The van der Waals surface area contributed by atoms with Crippen LogP contribution in [0, 0.1) is 0 Å². The standard InChI is InChI=1S/C17H27N5O4S/c1-3-21(4-2)27(25,26)22-12-10-20(11-13-22)14-16(23)18-19-17(24)15-8-6-5-7-9-15/h5-9H,3-4,10-14H2,1-2H3,(H,18,23)(H,19,24). The molecule has 0 unspecified atom stereocenters. The van der Waals surface area contributed by atoms with Crippen LogP contribution in [0.15, 0.2) is 30.3 Å². The molecule has 1 aliphatic heterocycles. The van der Waals surface area contributed by atoms with Crippen LogP contribution in [0.4, 0.5) is 0 Å². The fourth-order valence-corrected chi connectivity index (χ4v) is 4.47. The lowest BCUT2D eigenvalue weighted by molar-refractivity contribution is -0.123. The predicted octanol–water partition coefficient (Wildman–Crippen LogP) is -0.348. The Hall–Kier alpha value is -2.01. The fraction of sp³-hybridized carbons (Fsp3) is 0.529. The second-order valence-electron chi connectivity index (χ2n) is 6.14. The highest BCUT2D eigenvalue weighted by Crippen LogP contribution is 2.11. The van der Waals surface area contributed by atoms with Gasteiger partial charge in [0.2, 0.25) is 0 Å². The van der Waals surface area contributed by atoms with Crippen molar-refractivity contribution in [2.75, 3.05) is 45.8 Å². The summed E-state index contributed by atoms with van der Waals surface area (Å²) in [5.74, 6) is -0.738. The summed E-state index contributed by atoms with van der Waals surface area (Å²) in [6, 6.07) is 8.58. The van der Waals surface area contributed by atoms with Crippen LogP contribution in [0.2, 0.25) is 0 Å². The lowest BCUT2D eigenvalue weighted by Crippen LogP contribution is -2.55. The maximum Gasteiger partial charge on any atom is 0.282 e.